The number of fused-ring (bicyclic) bond motifs is 1. The van der Waals surface area contributed by atoms with Gasteiger partial charge in [0.2, 0.25) is 18.5 Å². The van der Waals surface area contributed by atoms with Crippen LogP contribution in [0.25, 0.3) is 11.4 Å². The van der Waals surface area contributed by atoms with Gasteiger partial charge in [0, 0.05) is 18.2 Å². The van der Waals surface area contributed by atoms with Crippen molar-refractivity contribution < 1.29 is 19.1 Å². The second kappa shape index (κ2) is 6.78. The van der Waals surface area contributed by atoms with Gasteiger partial charge in [0.15, 0.2) is 11.5 Å². The van der Waals surface area contributed by atoms with Crippen molar-refractivity contribution in [2.24, 2.45) is 0 Å². The zero-order chi connectivity index (χ0) is 16.4. The molecule has 1 unspecified atom stereocenters. The van der Waals surface area contributed by atoms with E-state index >= 15 is 0 Å². The zero-order valence-corrected chi connectivity index (χ0v) is 13.5. The number of likely N-dealkylation sites (tertiary alicyclic amines) is 1. The molecule has 4 rings (SSSR count). The predicted octanol–water partition coefficient (Wildman–Crippen LogP) is 2.20. The van der Waals surface area contributed by atoms with Gasteiger partial charge >= 0.3 is 0 Å². The maximum absolute atomic E-state index is 9.23. The van der Waals surface area contributed by atoms with Gasteiger partial charge in [0.05, 0.1) is 6.54 Å². The number of nitrogens with zero attached hydrogens (tertiary/aromatic N) is 3. The third-order valence-corrected chi connectivity index (χ3v) is 4.65. The average molecular weight is 331 g/mol. The number of benzene rings is 1. The number of ether oxygens (including phenoxy) is 2. The molecule has 0 bridgehead atoms. The standard InChI is InChI=1S/C17H21N3O4/c21-8-6-13-3-1-2-7-20(13)10-16-18-17(19-24-16)12-4-5-14-15(9-12)23-11-22-14/h4-5,9,13,21H,1-3,6-8,10-11H2. The van der Waals surface area contributed by atoms with E-state index < -0.39 is 0 Å². The molecule has 0 radical (unpaired) electrons. The smallest absolute Gasteiger partial charge is 0.241 e. The van der Waals surface area contributed by atoms with Crippen LogP contribution in [-0.4, -0.2) is 46.1 Å². The number of aromatic nitrogens is 2. The van der Waals surface area contributed by atoms with Crippen molar-refractivity contribution in [1.82, 2.24) is 15.0 Å². The molecule has 128 valence electrons. The van der Waals surface area contributed by atoms with Gasteiger partial charge < -0.3 is 19.1 Å². The lowest BCUT2D eigenvalue weighted by Gasteiger charge is -2.34. The first-order chi connectivity index (χ1) is 11.8. The molecule has 1 N–H and O–H groups in total. The summed E-state index contributed by atoms with van der Waals surface area (Å²) in [5.74, 6) is 2.60. The largest absolute Gasteiger partial charge is 0.454 e. The molecule has 3 heterocycles. The lowest BCUT2D eigenvalue weighted by Crippen LogP contribution is -2.39. The summed E-state index contributed by atoms with van der Waals surface area (Å²) in [6, 6.07) is 6.02. The van der Waals surface area contributed by atoms with E-state index in [1.54, 1.807) is 0 Å². The second-order valence-corrected chi connectivity index (χ2v) is 6.21. The first-order valence-corrected chi connectivity index (χ1v) is 8.41. The van der Waals surface area contributed by atoms with Gasteiger partial charge in [-0.3, -0.25) is 4.90 Å². The number of piperidine rings is 1. The molecule has 7 nitrogen and oxygen atoms in total. The summed E-state index contributed by atoms with van der Waals surface area (Å²) in [7, 11) is 0. The molecule has 2 aromatic rings. The summed E-state index contributed by atoms with van der Waals surface area (Å²) < 4.78 is 16.1. The van der Waals surface area contributed by atoms with Gasteiger partial charge in [-0.05, 0) is 44.0 Å². The molecule has 2 aliphatic heterocycles. The first-order valence-electron chi connectivity index (χ1n) is 8.41. The number of aliphatic hydroxyl groups excluding tert-OH is 1. The summed E-state index contributed by atoms with van der Waals surface area (Å²) in [5.41, 5.74) is 0.847. The van der Waals surface area contributed by atoms with Gasteiger partial charge in [0.25, 0.3) is 0 Å². The first kappa shape index (κ1) is 15.4. The highest BCUT2D eigenvalue weighted by atomic mass is 16.7. The van der Waals surface area contributed by atoms with Crippen LogP contribution in [0.5, 0.6) is 11.5 Å². The summed E-state index contributed by atoms with van der Waals surface area (Å²) in [6.45, 7) is 2.10. The van der Waals surface area contributed by atoms with Crippen molar-refractivity contribution in [2.45, 2.75) is 38.3 Å². The van der Waals surface area contributed by atoms with E-state index in [2.05, 4.69) is 15.0 Å². The average Bonchev–Trinajstić information content (AvgIpc) is 3.25. The quantitative estimate of drug-likeness (QED) is 0.899. The number of aliphatic hydroxyl groups is 1. The molecule has 1 fully saturated rings. The second-order valence-electron chi connectivity index (χ2n) is 6.21. The Morgan fingerprint density at radius 2 is 2.12 bits per heavy atom. The van der Waals surface area contributed by atoms with Crippen molar-refractivity contribution >= 4 is 0 Å². The van der Waals surface area contributed by atoms with Gasteiger partial charge in [-0.1, -0.05) is 11.6 Å². The Morgan fingerprint density at radius 3 is 3.04 bits per heavy atom. The fraction of sp³-hybridized carbons (Fsp3) is 0.529. The van der Waals surface area contributed by atoms with Crippen LogP contribution in [0.1, 0.15) is 31.6 Å². The van der Waals surface area contributed by atoms with E-state index in [1.165, 1.54) is 12.8 Å². The highest BCUT2D eigenvalue weighted by Crippen LogP contribution is 2.35. The molecule has 0 spiro atoms. The van der Waals surface area contributed by atoms with Crippen LogP contribution in [0.2, 0.25) is 0 Å². The lowest BCUT2D eigenvalue weighted by atomic mass is 10.00. The molecule has 1 atom stereocenters. The minimum atomic E-state index is 0.216. The van der Waals surface area contributed by atoms with Crippen molar-refractivity contribution in [3.63, 3.8) is 0 Å². The Kier molecular flexibility index (Phi) is 4.36. The molecule has 24 heavy (non-hydrogen) atoms. The molecular weight excluding hydrogens is 310 g/mol. The van der Waals surface area contributed by atoms with E-state index in [9.17, 15) is 5.11 Å². The Hall–Kier alpha value is -2.12. The minimum absolute atomic E-state index is 0.216. The van der Waals surface area contributed by atoms with E-state index in [4.69, 9.17) is 14.0 Å². The van der Waals surface area contributed by atoms with Crippen LogP contribution < -0.4 is 9.47 Å². The molecule has 0 amide bonds. The van der Waals surface area contributed by atoms with Crippen LogP contribution >= 0.6 is 0 Å². The van der Waals surface area contributed by atoms with Crippen LogP contribution in [-0.2, 0) is 6.54 Å². The Morgan fingerprint density at radius 1 is 1.21 bits per heavy atom. The van der Waals surface area contributed by atoms with E-state index in [1.807, 2.05) is 18.2 Å². The maximum Gasteiger partial charge on any atom is 0.241 e. The van der Waals surface area contributed by atoms with Crippen LogP contribution in [0.15, 0.2) is 22.7 Å². The predicted molar refractivity (Wildman–Crippen MR) is 85.6 cm³/mol. The summed E-state index contributed by atoms with van der Waals surface area (Å²) in [5, 5.41) is 13.3. The SMILES string of the molecule is OCCC1CCCCN1Cc1nc(-c2ccc3c(c2)OCO3)no1. The van der Waals surface area contributed by atoms with E-state index in [0.717, 1.165) is 30.7 Å². The summed E-state index contributed by atoms with van der Waals surface area (Å²) in [6.07, 6.45) is 4.30. The third-order valence-electron chi connectivity index (χ3n) is 4.65. The monoisotopic (exact) mass is 331 g/mol. The zero-order valence-electron chi connectivity index (χ0n) is 13.5. The van der Waals surface area contributed by atoms with E-state index in [0.29, 0.717) is 30.1 Å². The Labute approximate surface area is 140 Å². The molecule has 1 saturated heterocycles. The number of rotatable bonds is 5. The molecular formula is C17H21N3O4. The van der Waals surface area contributed by atoms with Crippen molar-refractivity contribution in [3.05, 3.63) is 24.1 Å². The maximum atomic E-state index is 9.23. The highest BCUT2D eigenvalue weighted by molar-refractivity contribution is 5.61. The fourth-order valence-corrected chi connectivity index (χ4v) is 3.39. The molecule has 7 heteroatoms. The van der Waals surface area contributed by atoms with Gasteiger partial charge in [0.1, 0.15) is 0 Å². The topological polar surface area (TPSA) is 80.9 Å². The Balaban J connectivity index is 1.48. The van der Waals surface area contributed by atoms with E-state index in [-0.39, 0.29) is 13.4 Å². The van der Waals surface area contributed by atoms with Crippen LogP contribution in [0.4, 0.5) is 0 Å². The highest BCUT2D eigenvalue weighted by Gasteiger charge is 2.24. The summed E-state index contributed by atoms with van der Waals surface area (Å²) >= 11 is 0. The minimum Gasteiger partial charge on any atom is -0.454 e. The lowest BCUT2D eigenvalue weighted by molar-refractivity contribution is 0.100. The van der Waals surface area contributed by atoms with Gasteiger partial charge in [-0.25, -0.2) is 0 Å². The molecule has 1 aromatic carbocycles. The molecule has 0 aliphatic carbocycles. The van der Waals surface area contributed by atoms with Gasteiger partial charge in [-0.2, -0.15) is 4.98 Å². The molecule has 1 aromatic heterocycles. The number of hydrogen-bond donors (Lipinski definition) is 1. The van der Waals surface area contributed by atoms with Crippen LogP contribution in [0.3, 0.4) is 0 Å². The van der Waals surface area contributed by atoms with Crippen LogP contribution in [0, 0.1) is 0 Å². The molecule has 0 saturated carbocycles. The summed E-state index contributed by atoms with van der Waals surface area (Å²) in [4.78, 5) is 6.85. The fourth-order valence-electron chi connectivity index (χ4n) is 3.39. The van der Waals surface area contributed by atoms with Crippen molar-refractivity contribution in [2.75, 3.05) is 19.9 Å². The Bertz CT molecular complexity index is 701. The molecule has 2 aliphatic rings. The third kappa shape index (κ3) is 3.09. The van der Waals surface area contributed by atoms with Gasteiger partial charge in [-0.15, -0.1) is 0 Å². The number of hydrogen-bond acceptors (Lipinski definition) is 7. The van der Waals surface area contributed by atoms with Crippen molar-refractivity contribution in [1.29, 1.82) is 0 Å². The normalized spacial score (nSPS) is 20.5. The van der Waals surface area contributed by atoms with Crippen molar-refractivity contribution in [3.8, 4) is 22.9 Å².